The number of pyridine rings is 1. The average Bonchev–Trinajstić information content (AvgIpc) is 3.22. The van der Waals surface area contributed by atoms with Crippen LogP contribution in [0, 0.1) is 6.92 Å². The minimum Gasteiger partial charge on any atom is -0.352 e. The van der Waals surface area contributed by atoms with Crippen LogP contribution in [0.1, 0.15) is 49.2 Å². The molecule has 1 atom stereocenters. The number of rotatable bonds is 2. The standard InChI is InChI=1S/C21H27N5O3/c1-14-4-7-25-13-18(23-19(25)10-14)20(29)24-8-5-21(6-9-24)11-17(22-15(2)27)12-26(21)16(3)28/h4,7,10,13,17H,5-6,8-9,11-12H2,1-3H3,(H,22,27)/t17-/m0/s1. The lowest BCUT2D eigenvalue weighted by atomic mass is 9.84. The summed E-state index contributed by atoms with van der Waals surface area (Å²) in [6.07, 6.45) is 5.83. The highest BCUT2D eigenvalue weighted by molar-refractivity contribution is 5.93. The summed E-state index contributed by atoms with van der Waals surface area (Å²) in [7, 11) is 0. The maximum Gasteiger partial charge on any atom is 0.274 e. The number of hydrogen-bond donors (Lipinski definition) is 1. The van der Waals surface area contributed by atoms with Gasteiger partial charge < -0.3 is 19.5 Å². The van der Waals surface area contributed by atoms with E-state index in [9.17, 15) is 14.4 Å². The van der Waals surface area contributed by atoms with Crippen LogP contribution in [-0.4, -0.2) is 68.1 Å². The van der Waals surface area contributed by atoms with Gasteiger partial charge in [0.25, 0.3) is 5.91 Å². The summed E-state index contributed by atoms with van der Waals surface area (Å²) in [5.74, 6) is -0.134. The first kappa shape index (κ1) is 19.4. The van der Waals surface area contributed by atoms with E-state index in [4.69, 9.17) is 0 Å². The van der Waals surface area contributed by atoms with Crippen LogP contribution in [0.4, 0.5) is 0 Å². The van der Waals surface area contributed by atoms with E-state index in [0.29, 0.717) is 38.2 Å². The summed E-state index contributed by atoms with van der Waals surface area (Å²) in [6.45, 7) is 6.75. The number of aromatic nitrogens is 2. The molecule has 0 saturated carbocycles. The first-order valence-electron chi connectivity index (χ1n) is 10.1. The van der Waals surface area contributed by atoms with Gasteiger partial charge in [-0.25, -0.2) is 4.98 Å². The minimum atomic E-state index is -0.286. The Morgan fingerprint density at radius 1 is 1.21 bits per heavy atom. The van der Waals surface area contributed by atoms with Gasteiger partial charge in [0.05, 0.1) is 0 Å². The fourth-order valence-corrected chi connectivity index (χ4v) is 4.84. The van der Waals surface area contributed by atoms with E-state index in [-0.39, 0.29) is 29.3 Å². The maximum atomic E-state index is 13.0. The number of fused-ring (bicyclic) bond motifs is 1. The molecule has 2 fully saturated rings. The Hall–Kier alpha value is -2.90. The number of nitrogens with zero attached hydrogens (tertiary/aromatic N) is 4. The van der Waals surface area contributed by atoms with Crippen LogP contribution in [0.5, 0.6) is 0 Å². The lowest BCUT2D eigenvalue weighted by Crippen LogP contribution is -2.54. The molecule has 29 heavy (non-hydrogen) atoms. The molecule has 4 heterocycles. The van der Waals surface area contributed by atoms with E-state index in [2.05, 4.69) is 10.3 Å². The molecule has 2 aromatic rings. The largest absolute Gasteiger partial charge is 0.352 e. The Kier molecular flexibility index (Phi) is 4.80. The van der Waals surface area contributed by atoms with Crippen molar-refractivity contribution >= 4 is 23.4 Å². The lowest BCUT2D eigenvalue weighted by molar-refractivity contribution is -0.134. The van der Waals surface area contributed by atoms with Crippen molar-refractivity contribution in [3.63, 3.8) is 0 Å². The molecule has 0 aliphatic carbocycles. The molecule has 2 saturated heterocycles. The Morgan fingerprint density at radius 3 is 2.59 bits per heavy atom. The van der Waals surface area contributed by atoms with Gasteiger partial charge in [0.1, 0.15) is 11.3 Å². The summed E-state index contributed by atoms with van der Waals surface area (Å²) in [6, 6.07) is 3.91. The van der Waals surface area contributed by atoms with Crippen LogP contribution in [0.3, 0.4) is 0 Å². The number of hydrogen-bond acceptors (Lipinski definition) is 4. The summed E-state index contributed by atoms with van der Waals surface area (Å²) in [4.78, 5) is 44.9. The van der Waals surface area contributed by atoms with Crippen molar-refractivity contribution in [1.29, 1.82) is 0 Å². The first-order valence-corrected chi connectivity index (χ1v) is 10.1. The normalized spacial score (nSPS) is 21.0. The van der Waals surface area contributed by atoms with E-state index in [1.807, 2.05) is 39.5 Å². The number of carbonyl (C=O) groups excluding carboxylic acids is 3. The van der Waals surface area contributed by atoms with E-state index < -0.39 is 0 Å². The van der Waals surface area contributed by atoms with Crippen LogP contribution in [0.2, 0.25) is 0 Å². The van der Waals surface area contributed by atoms with Crippen LogP contribution < -0.4 is 5.32 Å². The summed E-state index contributed by atoms with van der Waals surface area (Å²) < 4.78 is 1.86. The van der Waals surface area contributed by atoms with Crippen molar-refractivity contribution in [2.45, 2.75) is 51.6 Å². The molecule has 2 aliphatic heterocycles. The SMILES string of the molecule is CC(=O)N[C@@H]1CN(C(C)=O)C2(CCN(C(=O)c3cn4ccc(C)cc4n3)CC2)C1. The fraction of sp³-hybridized carbons (Fsp3) is 0.524. The summed E-state index contributed by atoms with van der Waals surface area (Å²) in [5.41, 5.74) is 2.02. The number of amides is 3. The molecule has 4 rings (SSSR count). The van der Waals surface area contributed by atoms with Crippen molar-refractivity contribution < 1.29 is 14.4 Å². The van der Waals surface area contributed by atoms with E-state index in [0.717, 1.165) is 17.6 Å². The van der Waals surface area contributed by atoms with Crippen LogP contribution in [-0.2, 0) is 9.59 Å². The quantitative estimate of drug-likeness (QED) is 0.829. The smallest absolute Gasteiger partial charge is 0.274 e. The minimum absolute atomic E-state index is 0.0216. The first-order chi connectivity index (χ1) is 13.8. The molecule has 3 amide bonds. The van der Waals surface area contributed by atoms with E-state index in [1.165, 1.54) is 6.92 Å². The molecule has 0 bridgehead atoms. The predicted molar refractivity (Wildman–Crippen MR) is 107 cm³/mol. The second kappa shape index (κ2) is 7.17. The lowest BCUT2D eigenvalue weighted by Gasteiger charge is -2.44. The number of likely N-dealkylation sites (tertiary alicyclic amines) is 2. The highest BCUT2D eigenvalue weighted by Gasteiger charge is 2.49. The molecule has 8 nitrogen and oxygen atoms in total. The average molecular weight is 397 g/mol. The molecule has 0 radical (unpaired) electrons. The van der Waals surface area contributed by atoms with Crippen LogP contribution in [0.25, 0.3) is 5.65 Å². The zero-order valence-electron chi connectivity index (χ0n) is 17.1. The molecular weight excluding hydrogens is 370 g/mol. The second-order valence-electron chi connectivity index (χ2n) is 8.34. The second-order valence-corrected chi connectivity index (χ2v) is 8.34. The molecule has 0 unspecified atom stereocenters. The summed E-state index contributed by atoms with van der Waals surface area (Å²) in [5, 5.41) is 2.95. The molecule has 2 aromatic heterocycles. The van der Waals surface area contributed by atoms with Crippen molar-refractivity contribution in [2.24, 2.45) is 0 Å². The van der Waals surface area contributed by atoms with Crippen LogP contribution in [0.15, 0.2) is 24.5 Å². The van der Waals surface area contributed by atoms with E-state index in [1.54, 1.807) is 13.1 Å². The number of carbonyl (C=O) groups is 3. The monoisotopic (exact) mass is 397 g/mol. The van der Waals surface area contributed by atoms with Crippen molar-refractivity contribution in [3.05, 3.63) is 35.8 Å². The van der Waals surface area contributed by atoms with Gasteiger partial charge in [-0.2, -0.15) is 0 Å². The van der Waals surface area contributed by atoms with Crippen molar-refractivity contribution in [3.8, 4) is 0 Å². The van der Waals surface area contributed by atoms with Gasteiger partial charge in [-0.1, -0.05) is 0 Å². The van der Waals surface area contributed by atoms with Crippen LogP contribution >= 0.6 is 0 Å². The van der Waals surface area contributed by atoms with Gasteiger partial charge in [0.15, 0.2) is 0 Å². The topological polar surface area (TPSA) is 87.0 Å². The van der Waals surface area contributed by atoms with Crippen molar-refractivity contribution in [1.82, 2.24) is 24.5 Å². The highest BCUT2D eigenvalue weighted by Crippen LogP contribution is 2.39. The zero-order valence-corrected chi connectivity index (χ0v) is 17.1. The Morgan fingerprint density at radius 2 is 1.93 bits per heavy atom. The molecule has 0 aromatic carbocycles. The van der Waals surface area contributed by atoms with Gasteiger partial charge >= 0.3 is 0 Å². The third kappa shape index (κ3) is 3.59. The zero-order chi connectivity index (χ0) is 20.8. The van der Waals surface area contributed by atoms with E-state index >= 15 is 0 Å². The molecule has 2 aliphatic rings. The highest BCUT2D eigenvalue weighted by atomic mass is 16.2. The number of imidazole rings is 1. The third-order valence-corrected chi connectivity index (χ3v) is 6.21. The molecule has 1 spiro atoms. The number of aryl methyl sites for hydroxylation is 1. The Balaban J connectivity index is 1.48. The molecule has 8 heteroatoms. The number of piperidine rings is 1. The Bertz CT molecular complexity index is 974. The molecule has 1 N–H and O–H groups in total. The van der Waals surface area contributed by atoms with Crippen molar-refractivity contribution in [2.75, 3.05) is 19.6 Å². The van der Waals surface area contributed by atoms with Gasteiger partial charge in [0.2, 0.25) is 11.8 Å². The molecular formula is C21H27N5O3. The predicted octanol–water partition coefficient (Wildman–Crippen LogP) is 1.37. The summed E-state index contributed by atoms with van der Waals surface area (Å²) >= 11 is 0. The number of nitrogens with one attached hydrogen (secondary N) is 1. The van der Waals surface area contributed by atoms with Gasteiger partial charge in [-0.15, -0.1) is 0 Å². The maximum absolute atomic E-state index is 13.0. The van der Waals surface area contributed by atoms with Gasteiger partial charge in [-0.05, 0) is 43.9 Å². The third-order valence-electron chi connectivity index (χ3n) is 6.21. The van der Waals surface area contributed by atoms with Gasteiger partial charge in [-0.3, -0.25) is 14.4 Å². The molecule has 154 valence electrons. The Labute approximate surface area is 169 Å². The fourth-order valence-electron chi connectivity index (χ4n) is 4.84. The van der Waals surface area contributed by atoms with Gasteiger partial charge in [0, 0.05) is 57.5 Å².